The van der Waals surface area contributed by atoms with Crippen molar-refractivity contribution in [3.63, 3.8) is 0 Å². The minimum atomic E-state index is -0.994. The monoisotopic (exact) mass is 271 g/mol. The number of amides is 1. The van der Waals surface area contributed by atoms with E-state index in [1.807, 2.05) is 32.0 Å². The van der Waals surface area contributed by atoms with Gasteiger partial charge in [-0.1, -0.05) is 36.4 Å². The molecule has 0 aliphatic heterocycles. The van der Waals surface area contributed by atoms with E-state index in [1.54, 1.807) is 18.2 Å². The van der Waals surface area contributed by atoms with Crippen LogP contribution >= 0.6 is 0 Å². The van der Waals surface area contributed by atoms with E-state index in [-0.39, 0.29) is 5.91 Å². The number of allylic oxidation sites excluding steroid dienone is 2. The molecule has 1 amide bonds. The highest BCUT2D eigenvalue weighted by Crippen LogP contribution is 2.23. The molecule has 1 aliphatic carbocycles. The van der Waals surface area contributed by atoms with Gasteiger partial charge in [-0.05, 0) is 31.0 Å². The van der Waals surface area contributed by atoms with Crippen molar-refractivity contribution in [3.05, 3.63) is 53.6 Å². The predicted molar refractivity (Wildman–Crippen MR) is 77.4 cm³/mol. The number of hydrogen-bond donors (Lipinski definition) is 2. The third-order valence-corrected chi connectivity index (χ3v) is 3.37. The Labute approximate surface area is 117 Å². The maximum atomic E-state index is 12.3. The van der Waals surface area contributed by atoms with E-state index in [0.717, 1.165) is 16.8 Å². The van der Waals surface area contributed by atoms with E-state index < -0.39 is 17.8 Å². The number of carbonyl (C=O) groups excluding carboxylic acids is 1. The Hall–Kier alpha value is -2.36. The van der Waals surface area contributed by atoms with Crippen molar-refractivity contribution in [1.29, 1.82) is 0 Å². The van der Waals surface area contributed by atoms with Gasteiger partial charge in [-0.3, -0.25) is 9.59 Å². The summed E-state index contributed by atoms with van der Waals surface area (Å²) in [5, 5.41) is 12.0. The number of benzene rings is 1. The maximum absolute atomic E-state index is 12.3. The molecule has 0 radical (unpaired) electrons. The molecule has 0 aromatic heterocycles. The highest BCUT2D eigenvalue weighted by atomic mass is 16.4. The van der Waals surface area contributed by atoms with E-state index >= 15 is 0 Å². The lowest BCUT2D eigenvalue weighted by molar-refractivity contribution is -0.143. The molecule has 4 heteroatoms. The van der Waals surface area contributed by atoms with Crippen molar-refractivity contribution in [3.8, 4) is 0 Å². The number of aliphatic carboxylic acids is 1. The van der Waals surface area contributed by atoms with E-state index in [9.17, 15) is 9.59 Å². The van der Waals surface area contributed by atoms with Gasteiger partial charge in [0.15, 0.2) is 0 Å². The summed E-state index contributed by atoms with van der Waals surface area (Å²) in [7, 11) is 0. The summed E-state index contributed by atoms with van der Waals surface area (Å²) in [4.78, 5) is 23.5. The van der Waals surface area contributed by atoms with Crippen molar-refractivity contribution in [1.82, 2.24) is 0 Å². The normalized spacial score (nSPS) is 20.7. The molecule has 20 heavy (non-hydrogen) atoms. The first-order valence-electron chi connectivity index (χ1n) is 6.45. The standard InChI is InChI=1S/C16H17NO3/c1-10-7-8-11(2)14(9-10)17-15(18)12-5-3-4-6-13(12)16(19)20/h3-9,12-13H,1-2H3,(H,17,18)(H,19,20). The number of rotatable bonds is 3. The minimum Gasteiger partial charge on any atom is -0.481 e. The molecule has 2 unspecified atom stereocenters. The maximum Gasteiger partial charge on any atom is 0.311 e. The molecule has 2 atom stereocenters. The van der Waals surface area contributed by atoms with Gasteiger partial charge in [0.25, 0.3) is 0 Å². The predicted octanol–water partition coefficient (Wildman–Crippen LogP) is 2.68. The molecule has 0 saturated heterocycles. The average molecular weight is 271 g/mol. The quantitative estimate of drug-likeness (QED) is 0.888. The lowest BCUT2D eigenvalue weighted by atomic mass is 9.87. The number of carboxylic acids is 1. The van der Waals surface area contributed by atoms with Crippen LogP contribution in [0.2, 0.25) is 0 Å². The average Bonchev–Trinajstić information content (AvgIpc) is 2.42. The second-order valence-corrected chi connectivity index (χ2v) is 4.97. The molecule has 1 aromatic carbocycles. The molecule has 2 N–H and O–H groups in total. The lowest BCUT2D eigenvalue weighted by Gasteiger charge is -2.20. The largest absolute Gasteiger partial charge is 0.481 e. The fourth-order valence-corrected chi connectivity index (χ4v) is 2.18. The van der Waals surface area contributed by atoms with Crippen LogP contribution in [0.25, 0.3) is 0 Å². The van der Waals surface area contributed by atoms with Gasteiger partial charge in [-0.25, -0.2) is 0 Å². The Morgan fingerprint density at radius 2 is 1.75 bits per heavy atom. The van der Waals surface area contributed by atoms with E-state index in [0.29, 0.717) is 0 Å². The van der Waals surface area contributed by atoms with Crippen molar-refractivity contribution >= 4 is 17.6 Å². The minimum absolute atomic E-state index is 0.299. The zero-order valence-corrected chi connectivity index (χ0v) is 11.5. The Bertz CT molecular complexity index is 602. The Balaban J connectivity index is 2.19. The van der Waals surface area contributed by atoms with Gasteiger partial charge in [-0.2, -0.15) is 0 Å². The molecule has 1 aliphatic rings. The van der Waals surface area contributed by atoms with Gasteiger partial charge >= 0.3 is 5.97 Å². The van der Waals surface area contributed by atoms with E-state index in [4.69, 9.17) is 5.11 Å². The molecule has 104 valence electrons. The van der Waals surface area contributed by atoms with Crippen LogP contribution < -0.4 is 5.32 Å². The number of carboxylic acid groups (broad SMARTS) is 1. The molecule has 1 aromatic rings. The second-order valence-electron chi connectivity index (χ2n) is 4.97. The van der Waals surface area contributed by atoms with Crippen molar-refractivity contribution in [2.75, 3.05) is 5.32 Å². The molecule has 4 nitrogen and oxygen atoms in total. The first kappa shape index (κ1) is 14.1. The summed E-state index contributed by atoms with van der Waals surface area (Å²) >= 11 is 0. The Kier molecular flexibility index (Phi) is 4.03. The molecule has 0 spiro atoms. The molecular weight excluding hydrogens is 254 g/mol. The van der Waals surface area contributed by atoms with Crippen LogP contribution in [-0.2, 0) is 9.59 Å². The van der Waals surface area contributed by atoms with Crippen molar-refractivity contribution < 1.29 is 14.7 Å². The van der Waals surface area contributed by atoms with E-state index in [1.165, 1.54) is 6.08 Å². The summed E-state index contributed by atoms with van der Waals surface area (Å²) in [5.74, 6) is -2.79. The van der Waals surface area contributed by atoms with Gasteiger partial charge in [0.2, 0.25) is 5.91 Å². The van der Waals surface area contributed by atoms with Crippen molar-refractivity contribution in [2.45, 2.75) is 13.8 Å². The lowest BCUT2D eigenvalue weighted by Crippen LogP contribution is -2.32. The van der Waals surface area contributed by atoms with Gasteiger partial charge in [-0.15, -0.1) is 0 Å². The number of anilines is 1. The highest BCUT2D eigenvalue weighted by Gasteiger charge is 2.31. The molecule has 0 fully saturated rings. The van der Waals surface area contributed by atoms with Crippen LogP contribution in [0.3, 0.4) is 0 Å². The number of carbonyl (C=O) groups is 2. The molecule has 2 rings (SSSR count). The summed E-state index contributed by atoms with van der Waals surface area (Å²) in [6, 6.07) is 5.77. The summed E-state index contributed by atoms with van der Waals surface area (Å²) in [6.07, 6.45) is 6.52. The number of nitrogens with one attached hydrogen (secondary N) is 1. The van der Waals surface area contributed by atoms with Crippen molar-refractivity contribution in [2.24, 2.45) is 11.8 Å². The smallest absolute Gasteiger partial charge is 0.311 e. The first-order chi connectivity index (χ1) is 9.49. The fraction of sp³-hybridized carbons (Fsp3) is 0.250. The molecule has 0 heterocycles. The summed E-state index contributed by atoms with van der Waals surface area (Å²) in [5.41, 5.74) is 2.72. The van der Waals surface area contributed by atoms with Crippen LogP contribution in [-0.4, -0.2) is 17.0 Å². The van der Waals surface area contributed by atoms with Gasteiger partial charge in [0.1, 0.15) is 0 Å². The highest BCUT2D eigenvalue weighted by molar-refractivity contribution is 5.97. The third-order valence-electron chi connectivity index (χ3n) is 3.37. The fourth-order valence-electron chi connectivity index (χ4n) is 2.18. The molecule has 0 bridgehead atoms. The van der Waals surface area contributed by atoms with Crippen LogP contribution in [0.15, 0.2) is 42.5 Å². The first-order valence-corrected chi connectivity index (χ1v) is 6.45. The van der Waals surface area contributed by atoms with Crippen LogP contribution in [0.5, 0.6) is 0 Å². The number of aryl methyl sites for hydroxylation is 2. The zero-order chi connectivity index (χ0) is 14.7. The van der Waals surface area contributed by atoms with Gasteiger partial charge in [0.05, 0.1) is 11.8 Å². The van der Waals surface area contributed by atoms with E-state index in [2.05, 4.69) is 5.32 Å². The number of hydrogen-bond acceptors (Lipinski definition) is 2. The third kappa shape index (κ3) is 2.96. The molecule has 0 saturated carbocycles. The summed E-state index contributed by atoms with van der Waals surface area (Å²) < 4.78 is 0. The van der Waals surface area contributed by atoms with Crippen LogP contribution in [0, 0.1) is 25.7 Å². The molecular formula is C16H17NO3. The van der Waals surface area contributed by atoms with Gasteiger partial charge < -0.3 is 10.4 Å². The summed E-state index contributed by atoms with van der Waals surface area (Å²) in [6.45, 7) is 3.85. The van der Waals surface area contributed by atoms with Crippen LogP contribution in [0.4, 0.5) is 5.69 Å². The van der Waals surface area contributed by atoms with Crippen LogP contribution in [0.1, 0.15) is 11.1 Å². The Morgan fingerprint density at radius 1 is 1.10 bits per heavy atom. The SMILES string of the molecule is Cc1ccc(C)c(NC(=O)C2C=CC=CC2C(=O)O)c1. The van der Waals surface area contributed by atoms with Gasteiger partial charge in [0, 0.05) is 5.69 Å². The zero-order valence-electron chi connectivity index (χ0n) is 11.5. The Morgan fingerprint density at radius 3 is 2.40 bits per heavy atom. The second kappa shape index (κ2) is 5.74. The topological polar surface area (TPSA) is 66.4 Å².